The van der Waals surface area contributed by atoms with Crippen molar-refractivity contribution in [3.8, 4) is 0 Å². The van der Waals surface area contributed by atoms with Crippen LogP contribution in [0.15, 0.2) is 91.0 Å². The van der Waals surface area contributed by atoms with Crippen molar-refractivity contribution in [2.75, 3.05) is 19.8 Å². The summed E-state index contributed by atoms with van der Waals surface area (Å²) in [6.07, 6.45) is -0.509. The molecule has 5 nitrogen and oxygen atoms in total. The highest BCUT2D eigenvalue weighted by molar-refractivity contribution is 5.96. The van der Waals surface area contributed by atoms with Gasteiger partial charge in [0, 0.05) is 6.54 Å². The zero-order chi connectivity index (χ0) is 23.5. The molecule has 0 atom stereocenters. The molecule has 0 aliphatic carbocycles. The molecule has 3 rings (SSSR count). The molecule has 0 aliphatic heterocycles. The minimum atomic E-state index is -0.585. The molecule has 0 radical (unpaired) electrons. The fourth-order valence-electron chi connectivity index (χ4n) is 3.88. The van der Waals surface area contributed by atoms with Crippen LogP contribution in [0.3, 0.4) is 0 Å². The number of carbonyl (C=O) groups excluding carboxylic acids is 2. The van der Waals surface area contributed by atoms with Crippen LogP contribution in [0.5, 0.6) is 0 Å². The lowest BCUT2D eigenvalue weighted by Crippen LogP contribution is -2.46. The third-order valence-electron chi connectivity index (χ3n) is 5.23. The van der Waals surface area contributed by atoms with E-state index in [1.165, 1.54) is 0 Å². The Morgan fingerprint density at radius 3 is 1.67 bits per heavy atom. The van der Waals surface area contributed by atoms with Crippen LogP contribution < -0.4 is 5.32 Å². The molecule has 3 aromatic rings. The highest BCUT2D eigenvalue weighted by Gasteiger charge is 2.35. The van der Waals surface area contributed by atoms with Crippen LogP contribution in [-0.2, 0) is 24.6 Å². The summed E-state index contributed by atoms with van der Waals surface area (Å²) in [6, 6.07) is 30.8. The number of carbonyl (C=O) groups is 2. The van der Waals surface area contributed by atoms with E-state index < -0.39 is 11.5 Å². The third kappa shape index (κ3) is 6.60. The highest BCUT2D eigenvalue weighted by atomic mass is 16.5. The summed E-state index contributed by atoms with van der Waals surface area (Å²) in [5.74, 6) is -0.811. The smallest absolute Gasteiger partial charge is 0.313 e. The van der Waals surface area contributed by atoms with E-state index in [4.69, 9.17) is 9.47 Å². The van der Waals surface area contributed by atoms with Crippen molar-refractivity contribution in [2.24, 2.45) is 0 Å². The number of esters is 1. The largest absolute Gasteiger partial charge is 0.463 e. The number of hydrogen-bond donors (Lipinski definition) is 1. The summed E-state index contributed by atoms with van der Waals surface area (Å²) in [5.41, 5.74) is 2.73. The summed E-state index contributed by atoms with van der Waals surface area (Å²) >= 11 is 0. The monoisotopic (exact) mass is 445 g/mol. The van der Waals surface area contributed by atoms with Gasteiger partial charge in [-0.15, -0.1) is 0 Å². The molecular weight excluding hydrogens is 414 g/mol. The molecule has 3 aromatic carbocycles. The molecule has 33 heavy (non-hydrogen) atoms. The van der Waals surface area contributed by atoms with Gasteiger partial charge in [-0.3, -0.25) is 14.9 Å². The summed E-state index contributed by atoms with van der Waals surface area (Å²) in [4.78, 5) is 23.7. The van der Waals surface area contributed by atoms with Crippen molar-refractivity contribution in [1.29, 1.82) is 0 Å². The minimum Gasteiger partial charge on any atom is -0.463 e. The number of rotatable bonds is 12. The van der Waals surface area contributed by atoms with E-state index in [9.17, 15) is 9.59 Å². The van der Waals surface area contributed by atoms with Crippen LogP contribution in [0, 0.1) is 0 Å². The van der Waals surface area contributed by atoms with Crippen molar-refractivity contribution in [1.82, 2.24) is 5.32 Å². The normalized spacial score (nSPS) is 11.4. The zero-order valence-corrected chi connectivity index (χ0v) is 19.2. The second-order valence-electron chi connectivity index (χ2n) is 8.08. The molecule has 0 saturated carbocycles. The second kappa shape index (κ2) is 12.1. The van der Waals surface area contributed by atoms with Gasteiger partial charge in [-0.05, 0) is 30.5 Å². The van der Waals surface area contributed by atoms with Gasteiger partial charge in [0.2, 0.25) is 0 Å². The van der Waals surface area contributed by atoms with Crippen molar-refractivity contribution < 1.29 is 19.1 Å². The number of nitrogens with one attached hydrogen (secondary N) is 1. The van der Waals surface area contributed by atoms with E-state index in [1.54, 1.807) is 13.8 Å². The van der Waals surface area contributed by atoms with E-state index in [1.807, 2.05) is 54.6 Å². The van der Waals surface area contributed by atoms with Gasteiger partial charge >= 0.3 is 5.97 Å². The number of hydrogen-bond acceptors (Lipinski definition) is 5. The van der Waals surface area contributed by atoms with E-state index >= 15 is 0 Å². The van der Waals surface area contributed by atoms with Gasteiger partial charge in [-0.2, -0.15) is 0 Å². The molecule has 0 fully saturated rings. The summed E-state index contributed by atoms with van der Waals surface area (Å²) in [5, 5.41) is 3.69. The Labute approximate surface area is 195 Å². The molecule has 0 bridgehead atoms. The van der Waals surface area contributed by atoms with Gasteiger partial charge in [0.1, 0.15) is 13.0 Å². The van der Waals surface area contributed by atoms with Crippen LogP contribution in [0.4, 0.5) is 0 Å². The standard InChI is InChI=1S/C28H31NO4/c1-22(2)33-27(31)20-26(30)21-32-19-18-29-28(23-12-6-3-7-13-23,24-14-8-4-9-15-24)25-16-10-5-11-17-25/h3-17,22,29H,18-21H2,1-2H3. The Kier molecular flexibility index (Phi) is 8.93. The third-order valence-corrected chi connectivity index (χ3v) is 5.23. The van der Waals surface area contributed by atoms with Gasteiger partial charge in [0.15, 0.2) is 5.78 Å². The Hall–Kier alpha value is -3.28. The molecule has 0 aliphatic rings. The van der Waals surface area contributed by atoms with Gasteiger partial charge < -0.3 is 9.47 Å². The number of ether oxygens (including phenoxy) is 2. The van der Waals surface area contributed by atoms with Crippen LogP contribution in [0.25, 0.3) is 0 Å². The fraction of sp³-hybridized carbons (Fsp3) is 0.286. The second-order valence-corrected chi connectivity index (χ2v) is 8.08. The Balaban J connectivity index is 1.74. The van der Waals surface area contributed by atoms with Crippen molar-refractivity contribution in [2.45, 2.75) is 31.9 Å². The SMILES string of the molecule is CC(C)OC(=O)CC(=O)COCCNC(c1ccccc1)(c1ccccc1)c1ccccc1. The first-order valence-corrected chi connectivity index (χ1v) is 11.2. The number of benzene rings is 3. The number of Topliss-reactive ketones (excluding diaryl/α,β-unsaturated/α-hetero) is 1. The highest BCUT2D eigenvalue weighted by Crippen LogP contribution is 2.36. The topological polar surface area (TPSA) is 64.6 Å². The van der Waals surface area contributed by atoms with Gasteiger partial charge in [0.05, 0.1) is 18.2 Å². The molecule has 0 amide bonds. The first kappa shape index (κ1) is 24.4. The molecular formula is C28H31NO4. The first-order chi connectivity index (χ1) is 16.0. The lowest BCUT2D eigenvalue weighted by Gasteiger charge is -2.37. The van der Waals surface area contributed by atoms with Crippen molar-refractivity contribution >= 4 is 11.8 Å². The number of ketones is 1. The summed E-state index contributed by atoms with van der Waals surface area (Å²) < 4.78 is 10.6. The Morgan fingerprint density at radius 1 is 0.788 bits per heavy atom. The first-order valence-electron chi connectivity index (χ1n) is 11.2. The van der Waals surface area contributed by atoms with E-state index in [2.05, 4.69) is 41.7 Å². The van der Waals surface area contributed by atoms with E-state index in [-0.39, 0.29) is 24.9 Å². The summed E-state index contributed by atoms with van der Waals surface area (Å²) in [7, 11) is 0. The van der Waals surface area contributed by atoms with Gasteiger partial charge in [0.25, 0.3) is 0 Å². The maximum absolute atomic E-state index is 12.0. The molecule has 1 N–H and O–H groups in total. The maximum Gasteiger partial charge on any atom is 0.313 e. The predicted octanol–water partition coefficient (Wildman–Crippen LogP) is 4.50. The lowest BCUT2D eigenvalue weighted by atomic mass is 9.77. The molecule has 5 heteroatoms. The Bertz CT molecular complexity index is 907. The predicted molar refractivity (Wildman–Crippen MR) is 129 cm³/mol. The summed E-state index contributed by atoms with van der Waals surface area (Å²) in [6.45, 7) is 4.21. The fourth-order valence-corrected chi connectivity index (χ4v) is 3.88. The quantitative estimate of drug-likeness (QED) is 0.193. The van der Waals surface area contributed by atoms with Crippen LogP contribution in [0.1, 0.15) is 37.0 Å². The van der Waals surface area contributed by atoms with Crippen LogP contribution in [-0.4, -0.2) is 37.6 Å². The molecule has 172 valence electrons. The molecule has 0 heterocycles. The van der Waals surface area contributed by atoms with Crippen LogP contribution in [0.2, 0.25) is 0 Å². The molecule has 0 aromatic heterocycles. The van der Waals surface area contributed by atoms with Crippen LogP contribution >= 0.6 is 0 Å². The maximum atomic E-state index is 12.0. The average Bonchev–Trinajstić information content (AvgIpc) is 2.82. The molecule has 0 spiro atoms. The zero-order valence-electron chi connectivity index (χ0n) is 19.2. The molecule has 0 saturated heterocycles. The van der Waals surface area contributed by atoms with E-state index in [0.717, 1.165) is 16.7 Å². The Morgan fingerprint density at radius 2 is 1.24 bits per heavy atom. The van der Waals surface area contributed by atoms with Gasteiger partial charge in [-0.25, -0.2) is 0 Å². The van der Waals surface area contributed by atoms with E-state index in [0.29, 0.717) is 13.2 Å². The lowest BCUT2D eigenvalue weighted by molar-refractivity contribution is -0.150. The van der Waals surface area contributed by atoms with Gasteiger partial charge in [-0.1, -0.05) is 91.0 Å². The minimum absolute atomic E-state index is 0.121. The van der Waals surface area contributed by atoms with Crippen molar-refractivity contribution in [3.63, 3.8) is 0 Å². The molecule has 0 unspecified atom stereocenters. The average molecular weight is 446 g/mol. The van der Waals surface area contributed by atoms with Crippen molar-refractivity contribution in [3.05, 3.63) is 108 Å².